The van der Waals surface area contributed by atoms with Gasteiger partial charge in [-0.3, -0.25) is 4.79 Å². The molecule has 0 aliphatic carbocycles. The van der Waals surface area contributed by atoms with Gasteiger partial charge in [-0.05, 0) is 28.1 Å². The Bertz CT molecular complexity index is 800. The first-order chi connectivity index (χ1) is 11.1. The fourth-order valence-corrected chi connectivity index (χ4v) is 2.27. The number of likely N-dealkylation sites (N-methyl/N-ethyl adjacent to an activating group) is 1. The van der Waals surface area contributed by atoms with Crippen LogP contribution in [0.4, 0.5) is 5.82 Å². The van der Waals surface area contributed by atoms with E-state index >= 15 is 0 Å². The van der Waals surface area contributed by atoms with Crippen LogP contribution in [0.2, 0.25) is 0 Å². The second kappa shape index (κ2) is 6.39. The van der Waals surface area contributed by atoms with Gasteiger partial charge in [-0.25, -0.2) is 0 Å². The molecule has 8 heteroatoms. The zero-order chi connectivity index (χ0) is 16.2. The number of amides is 1. The molecular weight excluding hydrogens is 294 g/mol. The number of anilines is 1. The van der Waals surface area contributed by atoms with Crippen molar-refractivity contribution in [1.82, 2.24) is 30.2 Å². The van der Waals surface area contributed by atoms with E-state index in [0.29, 0.717) is 17.9 Å². The van der Waals surface area contributed by atoms with E-state index in [1.807, 2.05) is 30.3 Å². The van der Waals surface area contributed by atoms with Crippen LogP contribution in [0.1, 0.15) is 5.56 Å². The van der Waals surface area contributed by atoms with Crippen LogP contribution in [0.15, 0.2) is 42.5 Å². The Balaban J connectivity index is 1.83. The minimum absolute atomic E-state index is 0.0209. The summed E-state index contributed by atoms with van der Waals surface area (Å²) in [6.07, 6.45) is 0.563. The monoisotopic (exact) mass is 311 g/mol. The molecule has 0 aliphatic heterocycles. The standard InChI is InChI=1S/C15H17N7O/c1-21(2)15(23)12(10-11-6-4-3-5-7-11)16-13-8-9-14-17-19-20-22(14)18-13/h3-9,12H,10H2,1-2H3,(H,16,18)/t12-/m0/s1. The molecule has 0 bridgehead atoms. The van der Waals surface area contributed by atoms with Crippen molar-refractivity contribution < 1.29 is 4.79 Å². The van der Waals surface area contributed by atoms with Gasteiger partial charge in [0.05, 0.1) is 0 Å². The normalized spacial score (nSPS) is 12.1. The molecule has 1 aromatic carbocycles. The molecule has 0 fully saturated rings. The van der Waals surface area contributed by atoms with Crippen LogP contribution in [0.25, 0.3) is 5.65 Å². The molecule has 0 saturated carbocycles. The lowest BCUT2D eigenvalue weighted by Crippen LogP contribution is -2.40. The minimum atomic E-state index is -0.422. The third-order valence-electron chi connectivity index (χ3n) is 3.41. The maximum absolute atomic E-state index is 12.5. The lowest BCUT2D eigenvalue weighted by atomic mass is 10.0. The SMILES string of the molecule is CN(C)C(=O)[C@H](Cc1ccccc1)Nc1ccc2nnnn2n1. The van der Waals surface area contributed by atoms with E-state index in [-0.39, 0.29) is 5.91 Å². The van der Waals surface area contributed by atoms with Gasteiger partial charge in [0.1, 0.15) is 11.9 Å². The van der Waals surface area contributed by atoms with Gasteiger partial charge in [0, 0.05) is 20.5 Å². The third kappa shape index (κ3) is 3.42. The Kier molecular flexibility index (Phi) is 4.13. The summed E-state index contributed by atoms with van der Waals surface area (Å²) in [5, 5.41) is 18.5. The molecule has 0 spiro atoms. The van der Waals surface area contributed by atoms with Gasteiger partial charge >= 0.3 is 0 Å². The van der Waals surface area contributed by atoms with Crippen molar-refractivity contribution in [3.63, 3.8) is 0 Å². The predicted octanol–water partition coefficient (Wildman–Crippen LogP) is 0.631. The number of benzene rings is 1. The summed E-state index contributed by atoms with van der Waals surface area (Å²) in [4.78, 5) is 14.0. The average Bonchev–Trinajstić information content (AvgIpc) is 3.02. The van der Waals surface area contributed by atoms with Gasteiger partial charge in [-0.2, -0.15) is 0 Å². The number of nitrogens with zero attached hydrogens (tertiary/aromatic N) is 6. The van der Waals surface area contributed by atoms with Gasteiger partial charge in [0.15, 0.2) is 5.65 Å². The summed E-state index contributed by atoms with van der Waals surface area (Å²) >= 11 is 0. The molecule has 3 rings (SSSR count). The van der Waals surface area contributed by atoms with Gasteiger partial charge in [-0.1, -0.05) is 30.3 Å². The van der Waals surface area contributed by atoms with Crippen LogP contribution < -0.4 is 5.32 Å². The Labute approximate surface area is 133 Å². The fourth-order valence-electron chi connectivity index (χ4n) is 2.27. The molecule has 0 unspecified atom stereocenters. The lowest BCUT2D eigenvalue weighted by molar-refractivity contribution is -0.129. The summed E-state index contributed by atoms with van der Waals surface area (Å²) in [5.74, 6) is 0.522. The topological polar surface area (TPSA) is 88.3 Å². The van der Waals surface area contributed by atoms with E-state index in [0.717, 1.165) is 5.56 Å². The molecule has 2 aromatic heterocycles. The molecule has 1 atom stereocenters. The van der Waals surface area contributed by atoms with Gasteiger partial charge < -0.3 is 10.2 Å². The highest BCUT2D eigenvalue weighted by molar-refractivity contribution is 5.84. The number of rotatable bonds is 5. The second-order valence-corrected chi connectivity index (χ2v) is 5.36. The summed E-state index contributed by atoms with van der Waals surface area (Å²) in [5.41, 5.74) is 1.62. The molecule has 3 aromatic rings. The van der Waals surface area contributed by atoms with Gasteiger partial charge in [0.2, 0.25) is 5.91 Å². The Morgan fingerprint density at radius 1 is 1.22 bits per heavy atom. The Hall–Kier alpha value is -3.03. The maximum Gasteiger partial charge on any atom is 0.244 e. The number of carbonyl (C=O) groups excluding carboxylic acids is 1. The fraction of sp³-hybridized carbons (Fsp3) is 0.267. The number of carbonyl (C=O) groups is 1. The van der Waals surface area contributed by atoms with Crippen LogP contribution in [0, 0.1) is 0 Å². The van der Waals surface area contributed by atoms with Crippen molar-refractivity contribution >= 4 is 17.4 Å². The highest BCUT2D eigenvalue weighted by Crippen LogP contribution is 2.11. The van der Waals surface area contributed by atoms with E-state index in [1.54, 1.807) is 31.1 Å². The molecule has 0 radical (unpaired) electrons. The molecule has 8 nitrogen and oxygen atoms in total. The van der Waals surface area contributed by atoms with Crippen LogP contribution in [0.3, 0.4) is 0 Å². The Morgan fingerprint density at radius 3 is 2.74 bits per heavy atom. The first-order valence-corrected chi connectivity index (χ1v) is 7.20. The number of hydrogen-bond donors (Lipinski definition) is 1. The molecule has 118 valence electrons. The van der Waals surface area contributed by atoms with Crippen LogP contribution >= 0.6 is 0 Å². The summed E-state index contributed by atoms with van der Waals surface area (Å²) < 4.78 is 1.32. The molecule has 2 heterocycles. The third-order valence-corrected chi connectivity index (χ3v) is 3.41. The molecule has 1 N–H and O–H groups in total. The van der Waals surface area contributed by atoms with Crippen molar-refractivity contribution in [1.29, 1.82) is 0 Å². The van der Waals surface area contributed by atoms with Crippen molar-refractivity contribution in [3.8, 4) is 0 Å². The first kappa shape index (κ1) is 14.9. The molecule has 23 heavy (non-hydrogen) atoms. The molecular formula is C15H17N7O. The van der Waals surface area contributed by atoms with E-state index in [4.69, 9.17) is 0 Å². The predicted molar refractivity (Wildman–Crippen MR) is 84.8 cm³/mol. The number of aromatic nitrogens is 5. The molecule has 0 saturated heterocycles. The number of hydrogen-bond acceptors (Lipinski definition) is 6. The summed E-state index contributed by atoms with van der Waals surface area (Å²) in [6.45, 7) is 0. The van der Waals surface area contributed by atoms with Crippen molar-refractivity contribution in [2.24, 2.45) is 0 Å². The first-order valence-electron chi connectivity index (χ1n) is 7.20. The highest BCUT2D eigenvalue weighted by atomic mass is 16.2. The van der Waals surface area contributed by atoms with E-state index in [9.17, 15) is 4.79 Å². The number of nitrogens with one attached hydrogen (secondary N) is 1. The number of fused-ring (bicyclic) bond motifs is 1. The van der Waals surface area contributed by atoms with Gasteiger partial charge in [-0.15, -0.1) is 14.8 Å². The van der Waals surface area contributed by atoms with Crippen LogP contribution in [0.5, 0.6) is 0 Å². The average molecular weight is 311 g/mol. The second-order valence-electron chi connectivity index (χ2n) is 5.36. The van der Waals surface area contributed by atoms with E-state index in [1.165, 1.54) is 4.63 Å². The van der Waals surface area contributed by atoms with E-state index < -0.39 is 6.04 Å². The van der Waals surface area contributed by atoms with Crippen LogP contribution in [-0.4, -0.2) is 56.2 Å². The molecule has 1 amide bonds. The zero-order valence-electron chi connectivity index (χ0n) is 12.9. The van der Waals surface area contributed by atoms with Crippen molar-refractivity contribution in [2.45, 2.75) is 12.5 Å². The zero-order valence-corrected chi connectivity index (χ0v) is 12.9. The Morgan fingerprint density at radius 2 is 2.00 bits per heavy atom. The quantitative estimate of drug-likeness (QED) is 0.743. The summed E-state index contributed by atoms with van der Waals surface area (Å²) in [7, 11) is 3.47. The largest absolute Gasteiger partial charge is 0.357 e. The van der Waals surface area contributed by atoms with Crippen molar-refractivity contribution in [3.05, 3.63) is 48.0 Å². The van der Waals surface area contributed by atoms with E-state index in [2.05, 4.69) is 25.9 Å². The van der Waals surface area contributed by atoms with Crippen LogP contribution in [-0.2, 0) is 11.2 Å². The van der Waals surface area contributed by atoms with Gasteiger partial charge in [0.25, 0.3) is 0 Å². The summed E-state index contributed by atoms with van der Waals surface area (Å²) in [6, 6.07) is 12.9. The number of tetrazole rings is 1. The maximum atomic E-state index is 12.5. The smallest absolute Gasteiger partial charge is 0.244 e. The lowest BCUT2D eigenvalue weighted by Gasteiger charge is -2.22. The van der Waals surface area contributed by atoms with Crippen molar-refractivity contribution in [2.75, 3.05) is 19.4 Å². The molecule has 0 aliphatic rings. The highest BCUT2D eigenvalue weighted by Gasteiger charge is 2.21. The minimum Gasteiger partial charge on any atom is -0.357 e.